The van der Waals surface area contributed by atoms with Crippen LogP contribution in [0.1, 0.15) is 54.9 Å². The first-order chi connectivity index (χ1) is 15.7. The van der Waals surface area contributed by atoms with Crippen LogP contribution in [0.2, 0.25) is 0 Å². The molecule has 0 aromatic heterocycles. The Morgan fingerprint density at radius 1 is 1.00 bits per heavy atom. The van der Waals surface area contributed by atoms with Gasteiger partial charge in [0.15, 0.2) is 0 Å². The van der Waals surface area contributed by atoms with Crippen LogP contribution in [-0.2, 0) is 4.74 Å². The van der Waals surface area contributed by atoms with Crippen LogP contribution >= 0.6 is 0 Å². The maximum Gasteiger partial charge on any atom is 0.127 e. The number of allylic oxidation sites excluding steroid dienone is 1. The lowest BCUT2D eigenvalue weighted by atomic mass is 9.87. The molecule has 0 spiro atoms. The SMILES string of the molecule is CC/C(=C(/c1ccc(O)cc1)c1ccc(NC2CCCCO2)c(C=N)c1)c1ccccc1. The Balaban J connectivity index is 1.81. The van der Waals surface area contributed by atoms with Gasteiger partial charge in [-0.05, 0) is 77.8 Å². The molecule has 1 saturated heterocycles. The second kappa shape index (κ2) is 10.3. The van der Waals surface area contributed by atoms with Crippen molar-refractivity contribution in [1.82, 2.24) is 0 Å². The summed E-state index contributed by atoms with van der Waals surface area (Å²) in [7, 11) is 0. The van der Waals surface area contributed by atoms with Gasteiger partial charge in [-0.1, -0.05) is 55.5 Å². The van der Waals surface area contributed by atoms with E-state index in [0.717, 1.165) is 60.2 Å². The second-order valence-corrected chi connectivity index (χ2v) is 8.07. The predicted molar refractivity (Wildman–Crippen MR) is 132 cm³/mol. The number of hydrogen-bond donors (Lipinski definition) is 3. The number of benzene rings is 3. The smallest absolute Gasteiger partial charge is 0.127 e. The fourth-order valence-electron chi connectivity index (χ4n) is 4.30. The summed E-state index contributed by atoms with van der Waals surface area (Å²) in [6, 6.07) is 24.0. The zero-order valence-electron chi connectivity index (χ0n) is 18.5. The highest BCUT2D eigenvalue weighted by Crippen LogP contribution is 2.36. The number of aromatic hydroxyl groups is 1. The lowest BCUT2D eigenvalue weighted by molar-refractivity contribution is 0.0343. The van der Waals surface area contributed by atoms with Crippen molar-refractivity contribution in [1.29, 1.82) is 5.41 Å². The molecular formula is C28H30N2O2. The minimum absolute atomic E-state index is 0.00377. The molecule has 32 heavy (non-hydrogen) atoms. The minimum atomic E-state index is -0.00377. The van der Waals surface area contributed by atoms with Crippen molar-refractivity contribution in [3.05, 3.63) is 95.1 Å². The average molecular weight is 427 g/mol. The topological polar surface area (TPSA) is 65.3 Å². The number of phenolic OH excluding ortho intramolecular Hbond substituents is 1. The van der Waals surface area contributed by atoms with Crippen LogP contribution < -0.4 is 5.32 Å². The largest absolute Gasteiger partial charge is 0.508 e. The predicted octanol–water partition coefficient (Wildman–Crippen LogP) is 6.70. The Bertz CT molecular complexity index is 1080. The molecule has 3 aromatic rings. The van der Waals surface area contributed by atoms with Crippen LogP contribution in [0, 0.1) is 5.41 Å². The molecular weight excluding hydrogens is 396 g/mol. The molecule has 0 saturated carbocycles. The number of phenols is 1. The molecule has 4 rings (SSSR count). The van der Waals surface area contributed by atoms with E-state index in [9.17, 15) is 5.11 Å². The number of nitrogens with one attached hydrogen (secondary N) is 2. The van der Waals surface area contributed by atoms with Gasteiger partial charge >= 0.3 is 0 Å². The molecule has 1 aliphatic rings. The summed E-state index contributed by atoms with van der Waals surface area (Å²) in [5.74, 6) is 0.248. The maximum atomic E-state index is 9.83. The van der Waals surface area contributed by atoms with E-state index >= 15 is 0 Å². The van der Waals surface area contributed by atoms with Crippen molar-refractivity contribution in [3.63, 3.8) is 0 Å². The summed E-state index contributed by atoms with van der Waals surface area (Å²) in [5.41, 5.74) is 7.34. The third-order valence-corrected chi connectivity index (χ3v) is 5.93. The normalized spacial score (nSPS) is 16.8. The van der Waals surface area contributed by atoms with Crippen LogP contribution in [0.3, 0.4) is 0 Å². The van der Waals surface area contributed by atoms with Gasteiger partial charge in [-0.25, -0.2) is 0 Å². The summed E-state index contributed by atoms with van der Waals surface area (Å²) in [6.45, 7) is 2.94. The van der Waals surface area contributed by atoms with Gasteiger partial charge in [0.05, 0.1) is 0 Å². The fraction of sp³-hybridized carbons (Fsp3) is 0.250. The molecule has 4 nitrogen and oxygen atoms in total. The van der Waals surface area contributed by atoms with Gasteiger partial charge in [0, 0.05) is 24.1 Å². The molecule has 1 fully saturated rings. The Hall–Kier alpha value is -3.37. The maximum absolute atomic E-state index is 9.83. The van der Waals surface area contributed by atoms with E-state index in [1.54, 1.807) is 12.1 Å². The summed E-state index contributed by atoms with van der Waals surface area (Å²) in [6.07, 6.45) is 5.49. The zero-order valence-corrected chi connectivity index (χ0v) is 18.5. The molecule has 0 amide bonds. The third kappa shape index (κ3) is 4.92. The molecule has 3 N–H and O–H groups in total. The highest BCUT2D eigenvalue weighted by molar-refractivity contribution is 6.00. The van der Waals surface area contributed by atoms with Gasteiger partial charge in [-0.15, -0.1) is 0 Å². The summed E-state index contributed by atoms with van der Waals surface area (Å²) >= 11 is 0. The highest BCUT2D eigenvalue weighted by atomic mass is 16.5. The summed E-state index contributed by atoms with van der Waals surface area (Å²) in [4.78, 5) is 0. The molecule has 3 aromatic carbocycles. The quantitative estimate of drug-likeness (QED) is 0.291. The van der Waals surface area contributed by atoms with Crippen molar-refractivity contribution >= 4 is 23.0 Å². The van der Waals surface area contributed by atoms with Gasteiger partial charge in [-0.2, -0.15) is 0 Å². The monoisotopic (exact) mass is 426 g/mol. The van der Waals surface area contributed by atoms with E-state index in [1.165, 1.54) is 17.4 Å². The van der Waals surface area contributed by atoms with Gasteiger partial charge in [0.1, 0.15) is 12.0 Å². The molecule has 0 aliphatic carbocycles. The number of rotatable bonds is 7. The lowest BCUT2D eigenvalue weighted by Gasteiger charge is -2.25. The van der Waals surface area contributed by atoms with Crippen LogP contribution in [0.5, 0.6) is 5.75 Å². The molecule has 1 heterocycles. The molecule has 1 aliphatic heterocycles. The minimum Gasteiger partial charge on any atom is -0.508 e. The van der Waals surface area contributed by atoms with E-state index in [0.29, 0.717) is 0 Å². The van der Waals surface area contributed by atoms with Crippen molar-refractivity contribution in [3.8, 4) is 5.75 Å². The van der Waals surface area contributed by atoms with E-state index in [2.05, 4.69) is 48.6 Å². The Labute approximate surface area is 190 Å². The average Bonchev–Trinajstić information content (AvgIpc) is 2.85. The van der Waals surface area contributed by atoms with Crippen molar-refractivity contribution in [2.75, 3.05) is 11.9 Å². The zero-order chi connectivity index (χ0) is 22.3. The van der Waals surface area contributed by atoms with Crippen LogP contribution in [0.4, 0.5) is 5.69 Å². The molecule has 4 heteroatoms. The van der Waals surface area contributed by atoms with E-state index in [-0.39, 0.29) is 12.0 Å². The highest BCUT2D eigenvalue weighted by Gasteiger charge is 2.17. The Morgan fingerprint density at radius 2 is 1.75 bits per heavy atom. The van der Waals surface area contributed by atoms with Crippen molar-refractivity contribution in [2.45, 2.75) is 38.8 Å². The van der Waals surface area contributed by atoms with Gasteiger partial charge in [-0.3, -0.25) is 0 Å². The standard InChI is InChI=1S/C28H30N2O2/c1-2-25(20-8-4-3-5-9-20)28(21-11-14-24(31)15-12-21)22-13-16-26(23(18-22)19-29)30-27-10-6-7-17-32-27/h3-5,8-9,11-16,18-19,27,29-31H,2,6-7,10,17H2,1H3/b28-25+,29-19?. The summed E-state index contributed by atoms with van der Waals surface area (Å²) < 4.78 is 5.83. The Kier molecular flexibility index (Phi) is 7.03. The van der Waals surface area contributed by atoms with Crippen molar-refractivity contribution < 1.29 is 9.84 Å². The molecule has 1 atom stereocenters. The third-order valence-electron chi connectivity index (χ3n) is 5.93. The molecule has 1 unspecified atom stereocenters. The van der Waals surface area contributed by atoms with E-state index in [4.69, 9.17) is 10.1 Å². The van der Waals surface area contributed by atoms with Crippen LogP contribution in [0.25, 0.3) is 11.1 Å². The van der Waals surface area contributed by atoms with Crippen molar-refractivity contribution in [2.24, 2.45) is 0 Å². The van der Waals surface area contributed by atoms with Gasteiger partial charge < -0.3 is 20.6 Å². The van der Waals surface area contributed by atoms with Gasteiger partial charge in [0.25, 0.3) is 0 Å². The Morgan fingerprint density at radius 3 is 2.41 bits per heavy atom. The first-order valence-electron chi connectivity index (χ1n) is 11.3. The fourth-order valence-corrected chi connectivity index (χ4v) is 4.30. The lowest BCUT2D eigenvalue weighted by Crippen LogP contribution is -2.27. The van der Waals surface area contributed by atoms with Gasteiger partial charge in [0.2, 0.25) is 0 Å². The molecule has 164 valence electrons. The van der Waals surface area contributed by atoms with Crippen LogP contribution in [0.15, 0.2) is 72.8 Å². The molecule has 0 bridgehead atoms. The number of ether oxygens (including phenoxy) is 1. The molecule has 0 radical (unpaired) electrons. The second-order valence-electron chi connectivity index (χ2n) is 8.07. The van der Waals surface area contributed by atoms with Crippen LogP contribution in [-0.4, -0.2) is 24.2 Å². The first kappa shape index (κ1) is 21.8. The number of hydrogen-bond acceptors (Lipinski definition) is 4. The first-order valence-corrected chi connectivity index (χ1v) is 11.3. The number of anilines is 1. The summed E-state index contributed by atoms with van der Waals surface area (Å²) in [5, 5.41) is 21.3. The van der Waals surface area contributed by atoms with E-state index in [1.807, 2.05) is 24.3 Å². The van der Waals surface area contributed by atoms with E-state index < -0.39 is 0 Å².